The molecule has 0 radical (unpaired) electrons. The fourth-order valence-electron chi connectivity index (χ4n) is 0.614. The van der Waals surface area contributed by atoms with Crippen LogP contribution in [-0.2, 0) is 25.2 Å². The fourth-order valence-corrected chi connectivity index (χ4v) is 0.949. The molecule has 0 aromatic heterocycles. The van der Waals surface area contributed by atoms with Gasteiger partial charge in [0.25, 0.3) is 0 Å². The van der Waals surface area contributed by atoms with Gasteiger partial charge in [-0.25, -0.2) is 0 Å². The van der Waals surface area contributed by atoms with E-state index in [-0.39, 0.29) is 0 Å². The summed E-state index contributed by atoms with van der Waals surface area (Å²) in [5.74, 6) is 0.809. The molecule has 1 rings (SSSR count). The summed E-state index contributed by atoms with van der Waals surface area (Å²) in [4.78, 5) is 10.2. The number of carbonyl (C=O) groups excluding carboxylic acids is 1. The van der Waals surface area contributed by atoms with Crippen LogP contribution in [0.25, 0.3) is 0 Å². The molecule has 1 aromatic rings. The van der Waals surface area contributed by atoms with E-state index in [4.69, 9.17) is 2.81 Å². The van der Waals surface area contributed by atoms with Crippen molar-refractivity contribution in [1.29, 1.82) is 0 Å². The molecule has 0 unspecified atom stereocenters. The van der Waals surface area contributed by atoms with Gasteiger partial charge >= 0.3 is 74.6 Å². The first kappa shape index (κ1) is 7.68. The first-order chi connectivity index (χ1) is 4.86. The Kier molecular flexibility index (Phi) is 2.82. The van der Waals surface area contributed by atoms with E-state index in [1.54, 1.807) is 24.3 Å². The molecule has 0 spiro atoms. The summed E-state index contributed by atoms with van der Waals surface area (Å²) < 4.78 is 4.99. The summed E-state index contributed by atoms with van der Waals surface area (Å²) >= 11 is 1.01. The number of benzene rings is 1. The maximum atomic E-state index is 10.2. The molecule has 0 aliphatic carbocycles. The van der Waals surface area contributed by atoms with E-state index in [1.165, 1.54) is 0 Å². The molecule has 0 atom stereocenters. The average molecular weight is 212 g/mol. The van der Waals surface area contributed by atoms with Crippen molar-refractivity contribution in [2.24, 2.45) is 0 Å². The molecule has 0 saturated carbocycles. The van der Waals surface area contributed by atoms with Crippen molar-refractivity contribution in [1.82, 2.24) is 0 Å². The SMILES string of the molecule is O=Cc1ccc([O][Zr])cc1. The van der Waals surface area contributed by atoms with E-state index in [1.807, 2.05) is 0 Å². The molecular formula is C7H5O2Zr. The molecule has 0 aliphatic heterocycles. The summed E-state index contributed by atoms with van der Waals surface area (Å²) in [6.07, 6.45) is 0.812. The summed E-state index contributed by atoms with van der Waals surface area (Å²) in [6.45, 7) is 0. The molecule has 1 aromatic carbocycles. The van der Waals surface area contributed by atoms with E-state index >= 15 is 0 Å². The van der Waals surface area contributed by atoms with Crippen molar-refractivity contribution in [3.8, 4) is 5.75 Å². The molecular weight excluding hydrogens is 207 g/mol. The third-order valence-electron chi connectivity index (χ3n) is 1.13. The number of rotatable bonds is 2. The second kappa shape index (κ2) is 3.67. The quantitative estimate of drug-likeness (QED) is 0.692. The van der Waals surface area contributed by atoms with E-state index in [0.717, 1.165) is 37.2 Å². The van der Waals surface area contributed by atoms with Gasteiger partial charge in [0.2, 0.25) is 0 Å². The molecule has 0 heterocycles. The van der Waals surface area contributed by atoms with Crippen LogP contribution in [0.5, 0.6) is 5.75 Å². The Morgan fingerprint density at radius 2 is 1.90 bits per heavy atom. The van der Waals surface area contributed by atoms with Crippen molar-refractivity contribution >= 4 is 6.29 Å². The van der Waals surface area contributed by atoms with Gasteiger partial charge in [0.15, 0.2) is 0 Å². The third kappa shape index (κ3) is 1.78. The first-order valence-corrected chi connectivity index (χ1v) is 3.76. The molecule has 0 saturated heterocycles. The second-order valence-corrected chi connectivity index (χ2v) is 2.29. The Labute approximate surface area is 74.7 Å². The van der Waals surface area contributed by atoms with Gasteiger partial charge in [0, 0.05) is 0 Å². The van der Waals surface area contributed by atoms with Crippen LogP contribution in [0.3, 0.4) is 0 Å². The van der Waals surface area contributed by atoms with Crippen molar-refractivity contribution in [2.45, 2.75) is 0 Å². The van der Waals surface area contributed by atoms with E-state index in [0.29, 0.717) is 5.56 Å². The second-order valence-electron chi connectivity index (χ2n) is 1.79. The molecule has 0 aliphatic rings. The first-order valence-electron chi connectivity index (χ1n) is 2.75. The van der Waals surface area contributed by atoms with Gasteiger partial charge in [-0.3, -0.25) is 0 Å². The van der Waals surface area contributed by atoms with Gasteiger partial charge in [-0.05, 0) is 0 Å². The zero-order valence-electron chi connectivity index (χ0n) is 5.20. The van der Waals surface area contributed by atoms with Crippen molar-refractivity contribution in [2.75, 3.05) is 0 Å². The maximum absolute atomic E-state index is 10.2. The Morgan fingerprint density at radius 1 is 1.30 bits per heavy atom. The molecule has 0 amide bonds. The zero-order valence-corrected chi connectivity index (χ0v) is 7.66. The molecule has 0 N–H and O–H groups in total. The summed E-state index contributed by atoms with van der Waals surface area (Å²) in [7, 11) is 0. The predicted octanol–water partition coefficient (Wildman–Crippen LogP) is 1.34. The number of hydrogen-bond donors (Lipinski definition) is 0. The van der Waals surface area contributed by atoms with Crippen molar-refractivity contribution in [3.63, 3.8) is 0 Å². The predicted molar refractivity (Wildman–Crippen MR) is 32.5 cm³/mol. The van der Waals surface area contributed by atoms with E-state index < -0.39 is 0 Å². The van der Waals surface area contributed by atoms with E-state index in [9.17, 15) is 4.79 Å². The summed E-state index contributed by atoms with van der Waals surface area (Å²) in [5, 5.41) is 0. The Bertz CT molecular complexity index is 218. The minimum atomic E-state index is 0.677. The fraction of sp³-hybridized carbons (Fsp3) is 0. The van der Waals surface area contributed by atoms with Crippen LogP contribution >= 0.6 is 0 Å². The average Bonchev–Trinajstić information content (AvgIpc) is 2.05. The Morgan fingerprint density at radius 3 is 2.30 bits per heavy atom. The van der Waals surface area contributed by atoms with Crippen LogP contribution < -0.4 is 2.81 Å². The monoisotopic (exact) mass is 211 g/mol. The number of aldehydes is 1. The Balaban J connectivity index is 2.90. The van der Waals surface area contributed by atoms with Crippen LogP contribution in [-0.4, -0.2) is 6.29 Å². The van der Waals surface area contributed by atoms with Gasteiger partial charge in [0.05, 0.1) is 0 Å². The summed E-state index contributed by atoms with van der Waals surface area (Å²) in [6, 6.07) is 7.01. The van der Waals surface area contributed by atoms with Crippen molar-refractivity contribution < 1.29 is 32.8 Å². The standard InChI is InChI=1S/C7H6O2.Zr/c8-5-6-1-3-7(9)4-2-6;/h1-5,9H;/q;+1/p-1. The molecule has 2 nitrogen and oxygen atoms in total. The summed E-state index contributed by atoms with van der Waals surface area (Å²) in [5.41, 5.74) is 0.677. The van der Waals surface area contributed by atoms with Gasteiger partial charge in [-0.2, -0.15) is 0 Å². The van der Waals surface area contributed by atoms with Crippen LogP contribution in [0.1, 0.15) is 10.4 Å². The molecule has 49 valence electrons. The van der Waals surface area contributed by atoms with Crippen LogP contribution in [0.15, 0.2) is 24.3 Å². The number of carbonyl (C=O) groups is 1. The number of hydrogen-bond acceptors (Lipinski definition) is 2. The van der Waals surface area contributed by atoms with Gasteiger partial charge in [-0.1, -0.05) is 0 Å². The normalized spacial score (nSPS) is 8.70. The van der Waals surface area contributed by atoms with Crippen LogP contribution in [0.4, 0.5) is 0 Å². The van der Waals surface area contributed by atoms with Gasteiger partial charge < -0.3 is 0 Å². The van der Waals surface area contributed by atoms with Gasteiger partial charge in [0.1, 0.15) is 0 Å². The van der Waals surface area contributed by atoms with Crippen LogP contribution in [0, 0.1) is 0 Å². The van der Waals surface area contributed by atoms with Crippen LogP contribution in [0.2, 0.25) is 0 Å². The van der Waals surface area contributed by atoms with E-state index in [2.05, 4.69) is 0 Å². The zero-order chi connectivity index (χ0) is 7.40. The molecule has 0 bridgehead atoms. The molecule has 10 heavy (non-hydrogen) atoms. The Hall–Kier alpha value is -0.427. The van der Waals surface area contributed by atoms with Crippen molar-refractivity contribution in [3.05, 3.63) is 29.8 Å². The minimum absolute atomic E-state index is 0.677. The molecule has 3 heteroatoms. The molecule has 0 fully saturated rings. The third-order valence-corrected chi connectivity index (χ3v) is 1.71. The topological polar surface area (TPSA) is 26.3 Å². The van der Waals surface area contributed by atoms with Gasteiger partial charge in [-0.15, -0.1) is 0 Å².